The van der Waals surface area contributed by atoms with Crippen LogP contribution in [0.3, 0.4) is 0 Å². The van der Waals surface area contributed by atoms with Crippen molar-refractivity contribution in [2.45, 2.75) is 18.9 Å². The van der Waals surface area contributed by atoms with Gasteiger partial charge in [-0.2, -0.15) is 0 Å². The van der Waals surface area contributed by atoms with Crippen molar-refractivity contribution in [1.82, 2.24) is 16.2 Å². The molecule has 1 aromatic rings. The molecule has 0 atom stereocenters. The predicted molar refractivity (Wildman–Crippen MR) is 68.2 cm³/mol. The smallest absolute Gasteiger partial charge is 0.327 e. The third-order valence-electron chi connectivity index (χ3n) is 2.58. The summed E-state index contributed by atoms with van der Waals surface area (Å²) < 4.78 is 12.8. The Kier molecular flexibility index (Phi) is 4.19. The van der Waals surface area contributed by atoms with E-state index in [1.807, 2.05) is 10.9 Å². The van der Waals surface area contributed by atoms with E-state index in [1.54, 1.807) is 0 Å². The largest absolute Gasteiger partial charge is 0.345 e. The summed E-state index contributed by atoms with van der Waals surface area (Å²) in [4.78, 5) is 34.3. The van der Waals surface area contributed by atoms with Gasteiger partial charge in [-0.25, -0.2) is 4.39 Å². The summed E-state index contributed by atoms with van der Waals surface area (Å²) in [6.45, 7) is 0. The molecule has 0 heterocycles. The van der Waals surface area contributed by atoms with Crippen molar-refractivity contribution in [1.29, 1.82) is 0 Å². The molecule has 0 radical (unpaired) electrons. The molecule has 1 saturated carbocycles. The molecule has 20 heavy (non-hydrogen) atoms. The molecular formula is C12H11ClFN3O3. The molecule has 2 rings (SSSR count). The number of hydrazine groups is 1. The second kappa shape index (κ2) is 5.87. The van der Waals surface area contributed by atoms with Gasteiger partial charge < -0.3 is 5.32 Å². The van der Waals surface area contributed by atoms with Gasteiger partial charge in [-0.05, 0) is 31.0 Å². The van der Waals surface area contributed by atoms with Crippen LogP contribution in [0, 0.1) is 5.82 Å². The number of halogens is 2. The molecule has 8 heteroatoms. The number of nitrogens with one attached hydrogen (secondary N) is 3. The van der Waals surface area contributed by atoms with Crippen molar-refractivity contribution in [2.24, 2.45) is 0 Å². The first-order chi connectivity index (χ1) is 9.47. The molecule has 0 saturated heterocycles. The maximum absolute atomic E-state index is 12.8. The van der Waals surface area contributed by atoms with Crippen molar-refractivity contribution in [3.05, 3.63) is 34.6 Å². The van der Waals surface area contributed by atoms with E-state index in [2.05, 4.69) is 5.32 Å². The summed E-state index contributed by atoms with van der Waals surface area (Å²) in [6, 6.07) is 3.24. The molecule has 0 bridgehead atoms. The van der Waals surface area contributed by atoms with E-state index in [0.29, 0.717) is 0 Å². The van der Waals surface area contributed by atoms with Gasteiger partial charge in [-0.1, -0.05) is 11.6 Å². The zero-order chi connectivity index (χ0) is 14.7. The molecule has 0 unspecified atom stereocenters. The maximum Gasteiger partial charge on any atom is 0.327 e. The maximum atomic E-state index is 12.8. The molecule has 1 fully saturated rings. The predicted octanol–water partition coefficient (Wildman–Crippen LogP) is 0.519. The van der Waals surface area contributed by atoms with Crippen molar-refractivity contribution in [2.75, 3.05) is 0 Å². The van der Waals surface area contributed by atoms with Crippen LogP contribution in [-0.4, -0.2) is 23.8 Å². The second-order valence-corrected chi connectivity index (χ2v) is 4.69. The lowest BCUT2D eigenvalue weighted by molar-refractivity contribution is -0.139. The topological polar surface area (TPSA) is 87.3 Å². The summed E-state index contributed by atoms with van der Waals surface area (Å²) in [5.74, 6) is -3.14. The zero-order valence-electron chi connectivity index (χ0n) is 10.2. The number of benzene rings is 1. The molecule has 1 aromatic carbocycles. The SMILES string of the molecule is O=C(NNC(=O)c1ccc(F)cc1Cl)C(=O)NC1CC1. The Bertz CT molecular complexity index is 575. The van der Waals surface area contributed by atoms with Crippen molar-refractivity contribution in [3.8, 4) is 0 Å². The first-order valence-corrected chi connectivity index (χ1v) is 6.21. The van der Waals surface area contributed by atoms with Gasteiger partial charge in [-0.3, -0.25) is 25.2 Å². The Hall–Kier alpha value is -2.15. The van der Waals surface area contributed by atoms with Gasteiger partial charge in [0, 0.05) is 6.04 Å². The summed E-state index contributed by atoms with van der Waals surface area (Å²) in [5, 5.41) is 2.36. The fourth-order valence-electron chi connectivity index (χ4n) is 1.39. The summed E-state index contributed by atoms with van der Waals surface area (Å²) in [6.07, 6.45) is 1.69. The van der Waals surface area contributed by atoms with Crippen LogP contribution in [0.2, 0.25) is 5.02 Å². The lowest BCUT2D eigenvalue weighted by Crippen LogP contribution is -2.49. The molecule has 0 aliphatic heterocycles. The van der Waals surface area contributed by atoms with E-state index >= 15 is 0 Å². The van der Waals surface area contributed by atoms with Crippen LogP contribution in [0.4, 0.5) is 4.39 Å². The van der Waals surface area contributed by atoms with Crippen molar-refractivity contribution >= 4 is 29.3 Å². The Labute approximate surface area is 118 Å². The van der Waals surface area contributed by atoms with Gasteiger partial charge in [0.2, 0.25) is 0 Å². The van der Waals surface area contributed by atoms with E-state index in [4.69, 9.17) is 11.6 Å². The number of hydrogen-bond donors (Lipinski definition) is 3. The summed E-state index contributed by atoms with van der Waals surface area (Å²) >= 11 is 5.69. The molecular weight excluding hydrogens is 289 g/mol. The lowest BCUT2D eigenvalue weighted by atomic mass is 10.2. The van der Waals surface area contributed by atoms with E-state index in [0.717, 1.165) is 25.0 Å². The van der Waals surface area contributed by atoms with Crippen molar-refractivity contribution < 1.29 is 18.8 Å². The van der Waals surface area contributed by atoms with Crippen LogP contribution >= 0.6 is 11.6 Å². The highest BCUT2D eigenvalue weighted by atomic mass is 35.5. The number of rotatable bonds is 2. The van der Waals surface area contributed by atoms with Gasteiger partial charge in [0.25, 0.3) is 5.91 Å². The third kappa shape index (κ3) is 3.67. The van der Waals surface area contributed by atoms with Crippen LogP contribution in [0.15, 0.2) is 18.2 Å². The summed E-state index contributed by atoms with van der Waals surface area (Å²) in [5.41, 5.74) is 3.96. The minimum Gasteiger partial charge on any atom is -0.345 e. The highest BCUT2D eigenvalue weighted by Crippen LogP contribution is 2.18. The first kappa shape index (κ1) is 14.3. The van der Waals surface area contributed by atoms with Crippen LogP contribution in [0.1, 0.15) is 23.2 Å². The number of amides is 3. The molecule has 3 amide bonds. The first-order valence-electron chi connectivity index (χ1n) is 5.83. The summed E-state index contributed by atoms with van der Waals surface area (Å²) in [7, 11) is 0. The average molecular weight is 300 g/mol. The van der Waals surface area contributed by atoms with Gasteiger partial charge in [0.15, 0.2) is 0 Å². The molecule has 0 spiro atoms. The van der Waals surface area contributed by atoms with E-state index in [1.165, 1.54) is 6.07 Å². The van der Waals surface area contributed by atoms with E-state index in [9.17, 15) is 18.8 Å². The molecule has 6 nitrogen and oxygen atoms in total. The van der Waals surface area contributed by atoms with Gasteiger partial charge >= 0.3 is 11.8 Å². The number of hydrogen-bond acceptors (Lipinski definition) is 3. The minimum absolute atomic E-state index is 0.0176. The molecule has 1 aliphatic carbocycles. The molecule has 3 N–H and O–H groups in total. The number of carbonyl (C=O) groups is 3. The quantitative estimate of drug-likeness (QED) is 0.549. The Morgan fingerprint density at radius 1 is 1.15 bits per heavy atom. The molecule has 1 aliphatic rings. The molecule has 106 valence electrons. The second-order valence-electron chi connectivity index (χ2n) is 4.28. The van der Waals surface area contributed by atoms with Crippen molar-refractivity contribution in [3.63, 3.8) is 0 Å². The highest BCUT2D eigenvalue weighted by molar-refractivity contribution is 6.36. The fraction of sp³-hybridized carbons (Fsp3) is 0.250. The van der Waals surface area contributed by atoms with Gasteiger partial charge in [0.05, 0.1) is 10.6 Å². The van der Waals surface area contributed by atoms with Crippen LogP contribution < -0.4 is 16.2 Å². The van der Waals surface area contributed by atoms with Crippen LogP contribution in [-0.2, 0) is 9.59 Å². The zero-order valence-corrected chi connectivity index (χ0v) is 11.0. The number of carbonyl (C=O) groups excluding carboxylic acids is 3. The lowest BCUT2D eigenvalue weighted by Gasteiger charge is -2.08. The Morgan fingerprint density at radius 3 is 2.45 bits per heavy atom. The van der Waals surface area contributed by atoms with Crippen LogP contribution in [0.25, 0.3) is 0 Å². The van der Waals surface area contributed by atoms with E-state index in [-0.39, 0.29) is 16.6 Å². The average Bonchev–Trinajstić information content (AvgIpc) is 3.19. The van der Waals surface area contributed by atoms with Gasteiger partial charge in [-0.15, -0.1) is 0 Å². The fourth-order valence-corrected chi connectivity index (χ4v) is 1.64. The third-order valence-corrected chi connectivity index (χ3v) is 2.90. The normalized spacial score (nSPS) is 13.5. The highest BCUT2D eigenvalue weighted by Gasteiger charge is 2.26. The Morgan fingerprint density at radius 2 is 1.85 bits per heavy atom. The monoisotopic (exact) mass is 299 g/mol. The standard InChI is InChI=1S/C12H11ClFN3O3/c13-9-5-6(14)1-4-8(9)10(18)16-17-12(20)11(19)15-7-2-3-7/h1,4-5,7H,2-3H2,(H,15,19)(H,16,18)(H,17,20). The van der Waals surface area contributed by atoms with Crippen LogP contribution in [0.5, 0.6) is 0 Å². The minimum atomic E-state index is -0.983. The Balaban J connectivity index is 1.87. The van der Waals surface area contributed by atoms with Gasteiger partial charge in [0.1, 0.15) is 5.82 Å². The van der Waals surface area contributed by atoms with E-state index < -0.39 is 23.5 Å². The molecule has 0 aromatic heterocycles.